The number of phenols is 2. The predicted octanol–water partition coefficient (Wildman–Crippen LogP) is 10.4. The van der Waals surface area contributed by atoms with E-state index in [0.29, 0.717) is 22.3 Å². The van der Waals surface area contributed by atoms with Gasteiger partial charge >= 0.3 is 8.25 Å². The zero-order valence-electron chi connectivity index (χ0n) is 29.5. The lowest BCUT2D eigenvalue weighted by molar-refractivity contribution is -0.113. The van der Waals surface area contributed by atoms with Crippen LogP contribution in [0.3, 0.4) is 0 Å². The molecule has 0 fully saturated rings. The average Bonchev–Trinajstić information content (AvgIpc) is 2.85. The molecule has 0 spiro atoms. The quantitative estimate of drug-likeness (QED) is 0.160. The molecule has 0 aromatic heterocycles. The average molecular weight is 628 g/mol. The van der Waals surface area contributed by atoms with Crippen LogP contribution in [0.5, 0.6) is 11.5 Å². The topological polar surface area (TPSA) is 104 Å². The zero-order chi connectivity index (χ0) is 34.4. The lowest BCUT2D eigenvalue weighted by atomic mass is 9.78. The van der Waals surface area contributed by atoms with E-state index in [1.807, 2.05) is 95.2 Å². The van der Waals surface area contributed by atoms with E-state index in [9.17, 15) is 24.5 Å². The van der Waals surface area contributed by atoms with Crippen molar-refractivity contribution in [1.29, 1.82) is 0 Å². The van der Waals surface area contributed by atoms with Crippen LogP contribution >= 0.6 is 8.25 Å². The number of allylic oxidation sites excluding steroid dienone is 1. The Balaban J connectivity index is 0.00000227. The smallest absolute Gasteiger partial charge is 0.507 e. The van der Waals surface area contributed by atoms with E-state index in [-0.39, 0.29) is 28.1 Å². The number of carbonyl (C=O) groups is 1. The summed E-state index contributed by atoms with van der Waals surface area (Å²) in [5.41, 5.74) is 2.71. The molecule has 0 saturated carbocycles. The van der Waals surface area contributed by atoms with Gasteiger partial charge in [0.05, 0.1) is 0 Å². The summed E-state index contributed by atoms with van der Waals surface area (Å²) in [7, 11) is -3.10. The second kappa shape index (κ2) is 14.9. The van der Waals surface area contributed by atoms with E-state index in [0.717, 1.165) is 11.1 Å². The highest BCUT2D eigenvalue weighted by atomic mass is 31.1. The van der Waals surface area contributed by atoms with Gasteiger partial charge < -0.3 is 10.2 Å². The Hall–Kier alpha value is -2.95. The number of rotatable bonds is 7. The normalized spacial score (nSPS) is 13.4. The Labute approximate surface area is 267 Å². The van der Waals surface area contributed by atoms with Gasteiger partial charge in [0.25, 0.3) is 0 Å². The standard InChI is InChI=1S/C33H45O6P.C4H10/c1-30(2,3)22-15-20(16-23(28(22)35)31(4,5)6)13-14-26(34)27(39-40(37)38)19-21-17-24(32(7,8)9)29(36)25(18-21)33(10,11)12;1-3-4-2/h13-19H,1-12H3,(H2-,34,35,36,37,38);3-4H2,1-2H3/p+1. The SMILES string of the molecule is CC(C)(C)c1cc(/C=C(\O[P+](=O)O)C(=O)/C=C/c2cc(C(C)(C)C)c(O)c(C(C)(C)C)c2)cc(C(C)(C)C)c1O.CCCC. The van der Waals surface area contributed by atoms with Crippen molar-refractivity contribution in [2.75, 3.05) is 0 Å². The van der Waals surface area contributed by atoms with Crippen LogP contribution in [-0.4, -0.2) is 20.9 Å². The molecular formula is C37H56O6P+. The van der Waals surface area contributed by atoms with Gasteiger partial charge in [0.15, 0.2) is 0 Å². The Morgan fingerprint density at radius 1 is 0.682 bits per heavy atom. The van der Waals surface area contributed by atoms with Gasteiger partial charge in [0.1, 0.15) is 11.5 Å². The zero-order valence-corrected chi connectivity index (χ0v) is 30.4. The van der Waals surface area contributed by atoms with Crippen LogP contribution in [0.1, 0.15) is 143 Å². The summed E-state index contributed by atoms with van der Waals surface area (Å²) in [5.74, 6) is -0.462. The van der Waals surface area contributed by atoms with Crippen molar-refractivity contribution in [3.8, 4) is 11.5 Å². The van der Waals surface area contributed by atoms with E-state index in [4.69, 9.17) is 4.52 Å². The third-order valence-corrected chi connectivity index (χ3v) is 7.49. The first kappa shape index (κ1) is 39.1. The monoisotopic (exact) mass is 627 g/mol. The number of hydrogen-bond acceptors (Lipinski definition) is 5. The summed E-state index contributed by atoms with van der Waals surface area (Å²) in [6.07, 6.45) is 6.98. The van der Waals surface area contributed by atoms with E-state index in [1.54, 1.807) is 18.2 Å². The first-order valence-electron chi connectivity index (χ1n) is 15.4. The molecular weight excluding hydrogens is 571 g/mol. The molecule has 0 aliphatic rings. The highest BCUT2D eigenvalue weighted by molar-refractivity contribution is 7.32. The minimum atomic E-state index is -3.10. The first-order valence-corrected chi connectivity index (χ1v) is 16.5. The van der Waals surface area contributed by atoms with Crippen molar-refractivity contribution in [2.24, 2.45) is 0 Å². The fourth-order valence-electron chi connectivity index (χ4n) is 4.41. The van der Waals surface area contributed by atoms with Gasteiger partial charge in [-0.1, -0.05) is 116 Å². The van der Waals surface area contributed by atoms with E-state index < -0.39 is 24.9 Å². The van der Waals surface area contributed by atoms with Crippen LogP contribution < -0.4 is 0 Å². The number of unbranched alkanes of at least 4 members (excludes halogenated alkanes) is 1. The maximum atomic E-state index is 13.3. The summed E-state index contributed by atoms with van der Waals surface area (Å²) in [4.78, 5) is 22.8. The molecule has 0 bridgehead atoms. The molecule has 0 aliphatic heterocycles. The van der Waals surface area contributed by atoms with E-state index in [1.165, 1.54) is 25.0 Å². The van der Waals surface area contributed by atoms with Crippen molar-refractivity contribution in [3.05, 3.63) is 69.5 Å². The lowest BCUT2D eigenvalue weighted by Crippen LogP contribution is -2.17. The predicted molar refractivity (Wildman–Crippen MR) is 185 cm³/mol. The fraction of sp³-hybridized carbons (Fsp3) is 0.541. The molecule has 2 rings (SSSR count). The highest BCUT2D eigenvalue weighted by Crippen LogP contribution is 2.42. The third-order valence-electron chi connectivity index (χ3n) is 7.14. The number of benzene rings is 2. The number of aromatic hydroxyl groups is 2. The lowest BCUT2D eigenvalue weighted by Gasteiger charge is -2.28. The molecule has 0 aliphatic carbocycles. The highest BCUT2D eigenvalue weighted by Gasteiger charge is 2.29. The van der Waals surface area contributed by atoms with Crippen molar-refractivity contribution in [2.45, 2.75) is 131 Å². The molecule has 244 valence electrons. The number of phenolic OH excluding ortho intramolecular Hbond substituents is 2. The van der Waals surface area contributed by atoms with Gasteiger partial charge in [0.2, 0.25) is 11.5 Å². The molecule has 0 amide bonds. The second-order valence-electron chi connectivity index (χ2n) is 15.5. The maximum absolute atomic E-state index is 13.3. The Bertz CT molecular complexity index is 1320. The van der Waals surface area contributed by atoms with Crippen LogP contribution in [0.4, 0.5) is 0 Å². The second-order valence-corrected chi connectivity index (χ2v) is 16.1. The van der Waals surface area contributed by atoms with Crippen molar-refractivity contribution < 1.29 is 29.0 Å². The van der Waals surface area contributed by atoms with Gasteiger partial charge in [-0.3, -0.25) is 4.79 Å². The van der Waals surface area contributed by atoms with Gasteiger partial charge in [-0.25, -0.2) is 4.52 Å². The van der Waals surface area contributed by atoms with E-state index >= 15 is 0 Å². The molecule has 2 aromatic rings. The van der Waals surface area contributed by atoms with Gasteiger partial charge in [-0.05, 0) is 69.2 Å². The summed E-state index contributed by atoms with van der Waals surface area (Å²) in [6.45, 7) is 28.3. The maximum Gasteiger partial charge on any atom is 0.747 e. The van der Waals surface area contributed by atoms with Crippen LogP contribution in [0.25, 0.3) is 12.2 Å². The number of carbonyl (C=O) groups excluding carboxylic acids is 1. The number of ketones is 1. The van der Waals surface area contributed by atoms with Crippen LogP contribution in [0.15, 0.2) is 36.1 Å². The summed E-state index contributed by atoms with van der Waals surface area (Å²) in [6, 6.07) is 7.22. The van der Waals surface area contributed by atoms with Crippen LogP contribution in [0, 0.1) is 0 Å². The molecule has 7 heteroatoms. The Kier molecular flexibility index (Phi) is 13.2. The summed E-state index contributed by atoms with van der Waals surface area (Å²) in [5, 5.41) is 22.0. The van der Waals surface area contributed by atoms with Crippen LogP contribution in [0.2, 0.25) is 0 Å². The fourth-order valence-corrected chi connectivity index (χ4v) is 4.72. The minimum Gasteiger partial charge on any atom is -0.507 e. The number of hydrogen-bond donors (Lipinski definition) is 3. The molecule has 0 radical (unpaired) electrons. The van der Waals surface area contributed by atoms with Gasteiger partial charge in [0, 0.05) is 26.8 Å². The molecule has 0 heterocycles. The summed E-state index contributed by atoms with van der Waals surface area (Å²) < 4.78 is 16.8. The first-order chi connectivity index (χ1) is 19.8. The van der Waals surface area contributed by atoms with E-state index in [2.05, 4.69) is 13.8 Å². The van der Waals surface area contributed by atoms with Crippen molar-refractivity contribution in [1.82, 2.24) is 0 Å². The van der Waals surface area contributed by atoms with Crippen molar-refractivity contribution in [3.63, 3.8) is 0 Å². The molecule has 1 atom stereocenters. The molecule has 0 saturated heterocycles. The van der Waals surface area contributed by atoms with Crippen molar-refractivity contribution >= 4 is 26.2 Å². The largest absolute Gasteiger partial charge is 0.747 e. The summed E-state index contributed by atoms with van der Waals surface area (Å²) >= 11 is 0. The van der Waals surface area contributed by atoms with Gasteiger partial charge in [-0.15, -0.1) is 4.89 Å². The van der Waals surface area contributed by atoms with Gasteiger partial charge in [-0.2, -0.15) is 0 Å². The molecule has 1 unspecified atom stereocenters. The minimum absolute atomic E-state index is 0.190. The third kappa shape index (κ3) is 11.2. The molecule has 44 heavy (non-hydrogen) atoms. The Morgan fingerprint density at radius 2 is 1.00 bits per heavy atom. The van der Waals surface area contributed by atoms with Crippen LogP contribution in [-0.2, 0) is 35.5 Å². The molecule has 3 N–H and O–H groups in total. The Morgan fingerprint density at radius 3 is 1.27 bits per heavy atom. The molecule has 2 aromatic carbocycles. The molecule has 6 nitrogen and oxygen atoms in total.